The van der Waals surface area contributed by atoms with Crippen molar-refractivity contribution in [3.8, 4) is 0 Å². The molecule has 1 atom stereocenters. The van der Waals surface area contributed by atoms with E-state index in [-0.39, 0.29) is 17.4 Å². The molecule has 1 aromatic heterocycles. The summed E-state index contributed by atoms with van der Waals surface area (Å²) in [6.45, 7) is 3.74. The first-order valence-corrected chi connectivity index (χ1v) is 9.39. The maximum Gasteiger partial charge on any atom is 0.257 e. The average Bonchev–Trinajstić information content (AvgIpc) is 3.06. The summed E-state index contributed by atoms with van der Waals surface area (Å²) in [6.07, 6.45) is 0.489. The van der Waals surface area contributed by atoms with E-state index in [1.165, 1.54) is 6.07 Å². The number of para-hydroxylation sites is 1. The van der Waals surface area contributed by atoms with Crippen LogP contribution in [0.5, 0.6) is 0 Å². The molecule has 1 aliphatic heterocycles. The molecule has 6 heteroatoms. The Bertz CT molecular complexity index is 1120. The van der Waals surface area contributed by atoms with Crippen LogP contribution < -0.4 is 10.6 Å². The molecule has 2 aromatic carbocycles. The number of halogens is 2. The highest BCUT2D eigenvalue weighted by atomic mass is 35.5. The number of anilines is 1. The second kappa shape index (κ2) is 7.24. The summed E-state index contributed by atoms with van der Waals surface area (Å²) in [4.78, 5) is 15.4. The normalized spacial score (nSPS) is 16.4. The fourth-order valence-corrected chi connectivity index (χ4v) is 3.80. The van der Waals surface area contributed by atoms with Gasteiger partial charge in [-0.1, -0.05) is 35.9 Å². The van der Waals surface area contributed by atoms with Crippen molar-refractivity contribution in [1.82, 2.24) is 4.98 Å². The smallest absolute Gasteiger partial charge is 0.257 e. The summed E-state index contributed by atoms with van der Waals surface area (Å²) < 4.78 is 14.5. The first-order chi connectivity index (χ1) is 13.4. The summed E-state index contributed by atoms with van der Waals surface area (Å²) in [5, 5.41) is 6.97. The summed E-state index contributed by atoms with van der Waals surface area (Å²) >= 11 is 6.03. The van der Waals surface area contributed by atoms with Crippen molar-refractivity contribution in [2.45, 2.75) is 26.3 Å². The predicted octanol–water partition coefficient (Wildman–Crippen LogP) is 5.14. The van der Waals surface area contributed by atoms with Crippen LogP contribution >= 0.6 is 11.6 Å². The standard InChI is InChI=1S/C22H19ClFN3O/c1-13-11-14(2)25-22(28)21(13)18-12-20(15-7-9-16(23)10-8-15)27(26-18)19-6-4-3-5-17(19)24/h3-11,20H,12H2,1-2H3,(H,25,28)/t20-/m1/s1. The number of aromatic nitrogens is 1. The van der Waals surface area contributed by atoms with Crippen LogP contribution in [0.3, 0.4) is 0 Å². The monoisotopic (exact) mass is 395 g/mol. The van der Waals surface area contributed by atoms with Crippen LogP contribution in [0, 0.1) is 19.7 Å². The molecule has 0 amide bonds. The largest absolute Gasteiger partial charge is 0.326 e. The highest BCUT2D eigenvalue weighted by Gasteiger charge is 2.32. The van der Waals surface area contributed by atoms with Gasteiger partial charge in [0.05, 0.1) is 23.0 Å². The molecule has 2 heterocycles. The Morgan fingerprint density at radius 2 is 1.86 bits per heavy atom. The first-order valence-electron chi connectivity index (χ1n) is 9.01. The van der Waals surface area contributed by atoms with E-state index in [1.807, 2.05) is 32.0 Å². The van der Waals surface area contributed by atoms with E-state index in [4.69, 9.17) is 11.6 Å². The van der Waals surface area contributed by atoms with Gasteiger partial charge in [-0.25, -0.2) is 4.39 Å². The lowest BCUT2D eigenvalue weighted by Crippen LogP contribution is -2.20. The number of benzene rings is 2. The van der Waals surface area contributed by atoms with Crippen LogP contribution in [0.25, 0.3) is 0 Å². The van der Waals surface area contributed by atoms with Gasteiger partial charge in [-0.15, -0.1) is 0 Å². The molecule has 0 bridgehead atoms. The Morgan fingerprint density at radius 1 is 1.14 bits per heavy atom. The van der Waals surface area contributed by atoms with Crippen molar-refractivity contribution in [3.05, 3.63) is 98.2 Å². The van der Waals surface area contributed by atoms with Gasteiger partial charge in [0, 0.05) is 17.1 Å². The molecule has 28 heavy (non-hydrogen) atoms. The van der Waals surface area contributed by atoms with Gasteiger partial charge < -0.3 is 4.98 Å². The number of hydrazone groups is 1. The Kier molecular flexibility index (Phi) is 4.77. The average molecular weight is 396 g/mol. The number of nitrogens with one attached hydrogen (secondary N) is 1. The Labute approximate surface area is 167 Å². The van der Waals surface area contributed by atoms with E-state index in [0.717, 1.165) is 16.8 Å². The molecule has 3 aromatic rings. The zero-order valence-electron chi connectivity index (χ0n) is 15.5. The van der Waals surface area contributed by atoms with Gasteiger partial charge in [0.1, 0.15) is 5.82 Å². The first kappa shape index (κ1) is 18.4. The van der Waals surface area contributed by atoms with Crippen molar-refractivity contribution in [3.63, 3.8) is 0 Å². The number of H-pyrrole nitrogens is 1. The summed E-state index contributed by atoms with van der Waals surface area (Å²) in [5.74, 6) is -0.360. The van der Waals surface area contributed by atoms with Gasteiger partial charge in [-0.05, 0) is 55.3 Å². The molecule has 142 valence electrons. The van der Waals surface area contributed by atoms with Crippen molar-refractivity contribution in [1.29, 1.82) is 0 Å². The van der Waals surface area contributed by atoms with Gasteiger partial charge in [-0.3, -0.25) is 9.80 Å². The van der Waals surface area contributed by atoms with E-state index in [9.17, 15) is 9.18 Å². The maximum atomic E-state index is 14.5. The Balaban J connectivity index is 1.84. The van der Waals surface area contributed by atoms with Gasteiger partial charge >= 0.3 is 0 Å². The minimum Gasteiger partial charge on any atom is -0.326 e. The molecule has 0 radical (unpaired) electrons. The summed E-state index contributed by atoms with van der Waals surface area (Å²) in [5.41, 5.74) is 3.98. The fraction of sp³-hybridized carbons (Fsp3) is 0.182. The number of hydrogen-bond acceptors (Lipinski definition) is 3. The van der Waals surface area contributed by atoms with Crippen LogP contribution in [0.15, 0.2) is 64.5 Å². The number of nitrogens with zero attached hydrogens (tertiary/aromatic N) is 2. The molecule has 1 N–H and O–H groups in total. The Morgan fingerprint density at radius 3 is 2.54 bits per heavy atom. The van der Waals surface area contributed by atoms with Crippen LogP contribution in [-0.2, 0) is 0 Å². The minimum absolute atomic E-state index is 0.179. The van der Waals surface area contributed by atoms with Crippen molar-refractivity contribution in [2.75, 3.05) is 5.01 Å². The third-order valence-corrected chi connectivity index (χ3v) is 5.17. The van der Waals surface area contributed by atoms with Gasteiger partial charge in [0.25, 0.3) is 5.56 Å². The van der Waals surface area contributed by atoms with Gasteiger partial charge in [-0.2, -0.15) is 5.10 Å². The highest BCUT2D eigenvalue weighted by molar-refractivity contribution is 6.30. The second-order valence-corrected chi connectivity index (χ2v) is 7.39. The third-order valence-electron chi connectivity index (χ3n) is 4.92. The lowest BCUT2D eigenvalue weighted by Gasteiger charge is -2.24. The van der Waals surface area contributed by atoms with Crippen LogP contribution in [0.2, 0.25) is 5.02 Å². The lowest BCUT2D eigenvalue weighted by molar-refractivity contribution is 0.606. The molecule has 1 aliphatic rings. The van der Waals surface area contributed by atoms with E-state index in [0.29, 0.717) is 28.4 Å². The van der Waals surface area contributed by atoms with Gasteiger partial charge in [0.2, 0.25) is 0 Å². The zero-order chi connectivity index (χ0) is 19.8. The Hall–Kier alpha value is -2.92. The van der Waals surface area contributed by atoms with E-state index in [1.54, 1.807) is 35.3 Å². The maximum absolute atomic E-state index is 14.5. The second-order valence-electron chi connectivity index (χ2n) is 6.95. The van der Waals surface area contributed by atoms with Crippen molar-refractivity contribution < 1.29 is 4.39 Å². The number of pyridine rings is 1. The summed E-state index contributed by atoms with van der Waals surface area (Å²) in [6, 6.07) is 15.6. The number of aryl methyl sites for hydroxylation is 2. The molecule has 0 saturated carbocycles. The van der Waals surface area contributed by atoms with Crippen molar-refractivity contribution >= 4 is 23.0 Å². The molecule has 0 unspecified atom stereocenters. The lowest BCUT2D eigenvalue weighted by atomic mass is 9.96. The molecule has 0 saturated heterocycles. The van der Waals surface area contributed by atoms with Crippen LogP contribution in [0.4, 0.5) is 10.1 Å². The van der Waals surface area contributed by atoms with Crippen LogP contribution in [0.1, 0.15) is 34.8 Å². The van der Waals surface area contributed by atoms with E-state index < -0.39 is 0 Å². The van der Waals surface area contributed by atoms with E-state index >= 15 is 0 Å². The highest BCUT2D eigenvalue weighted by Crippen LogP contribution is 2.38. The van der Waals surface area contributed by atoms with Gasteiger partial charge in [0.15, 0.2) is 0 Å². The SMILES string of the molecule is Cc1cc(C)c(C2=NN(c3ccccc3F)[C@@H](c3ccc(Cl)cc3)C2)c(=O)[nH]1. The predicted molar refractivity (Wildman–Crippen MR) is 111 cm³/mol. The molecular formula is C22H19ClFN3O. The van der Waals surface area contributed by atoms with Crippen LogP contribution in [-0.4, -0.2) is 10.7 Å². The number of rotatable bonds is 3. The molecule has 4 nitrogen and oxygen atoms in total. The van der Waals surface area contributed by atoms with Crippen molar-refractivity contribution in [2.24, 2.45) is 5.10 Å². The fourth-order valence-electron chi connectivity index (χ4n) is 3.68. The molecule has 0 aliphatic carbocycles. The molecule has 4 rings (SSSR count). The quantitative estimate of drug-likeness (QED) is 0.667. The summed E-state index contributed by atoms with van der Waals surface area (Å²) in [7, 11) is 0. The van der Waals surface area contributed by atoms with E-state index in [2.05, 4.69) is 10.1 Å². The molecule has 0 spiro atoms. The molecule has 0 fully saturated rings. The third kappa shape index (κ3) is 3.34. The topological polar surface area (TPSA) is 48.5 Å². The molecular weight excluding hydrogens is 377 g/mol. The minimum atomic E-state index is -0.360. The number of hydrogen-bond donors (Lipinski definition) is 1. The number of aromatic amines is 1. The zero-order valence-corrected chi connectivity index (χ0v) is 16.3.